The van der Waals surface area contributed by atoms with Crippen LogP contribution < -0.4 is 4.74 Å². The van der Waals surface area contributed by atoms with E-state index in [0.29, 0.717) is 17.0 Å². The van der Waals surface area contributed by atoms with Crippen molar-refractivity contribution in [3.05, 3.63) is 64.2 Å². The molecule has 2 aromatic carbocycles. The van der Waals surface area contributed by atoms with E-state index in [2.05, 4.69) is 0 Å². The van der Waals surface area contributed by atoms with Crippen LogP contribution in [0.2, 0.25) is 5.02 Å². The van der Waals surface area contributed by atoms with E-state index in [1.807, 2.05) is 30.3 Å². The topological polar surface area (TPSA) is 124 Å². The SMILES string of the molecule is CC(=O)OCC1OC(c2ccc(Cl)c(Cc3ccc(OC4CCCC4)cc3)c2)[C@H](OC(C)=O)C(OC(C)=O)[C@@H]1OC(C)=O. The predicted octanol–water partition coefficient (Wildman–Crippen LogP) is 5.05. The second-order valence-electron chi connectivity index (χ2n) is 10.8. The monoisotopic (exact) mass is 616 g/mol. The summed E-state index contributed by atoms with van der Waals surface area (Å²) in [5.74, 6) is -1.80. The molecule has 1 aliphatic carbocycles. The zero-order valence-electron chi connectivity index (χ0n) is 24.7. The lowest BCUT2D eigenvalue weighted by Crippen LogP contribution is -2.59. The third kappa shape index (κ3) is 8.93. The first-order valence-corrected chi connectivity index (χ1v) is 14.7. The Bertz CT molecular complexity index is 1300. The van der Waals surface area contributed by atoms with Crippen molar-refractivity contribution < 1.29 is 47.6 Å². The summed E-state index contributed by atoms with van der Waals surface area (Å²) in [7, 11) is 0. The molecule has 0 N–H and O–H groups in total. The second kappa shape index (κ2) is 14.7. The van der Waals surface area contributed by atoms with E-state index in [0.717, 1.165) is 29.7 Å². The van der Waals surface area contributed by atoms with Gasteiger partial charge >= 0.3 is 23.9 Å². The van der Waals surface area contributed by atoms with Gasteiger partial charge in [0, 0.05) is 32.7 Å². The van der Waals surface area contributed by atoms with E-state index in [-0.39, 0.29) is 12.7 Å². The fourth-order valence-electron chi connectivity index (χ4n) is 5.51. The van der Waals surface area contributed by atoms with Gasteiger partial charge in [0.05, 0.1) is 6.10 Å². The van der Waals surface area contributed by atoms with Crippen LogP contribution in [0.3, 0.4) is 0 Å². The molecule has 2 aromatic rings. The van der Waals surface area contributed by atoms with E-state index in [1.54, 1.807) is 12.1 Å². The molecule has 11 heteroatoms. The van der Waals surface area contributed by atoms with Crippen LogP contribution in [0, 0.1) is 0 Å². The predicted molar refractivity (Wildman–Crippen MR) is 154 cm³/mol. The molecule has 10 nitrogen and oxygen atoms in total. The first-order valence-electron chi connectivity index (χ1n) is 14.3. The Morgan fingerprint density at radius 1 is 0.791 bits per heavy atom. The fraction of sp³-hybridized carbons (Fsp3) is 0.500. The summed E-state index contributed by atoms with van der Waals surface area (Å²) < 4.78 is 34.2. The van der Waals surface area contributed by atoms with Gasteiger partial charge in [-0.05, 0) is 67.0 Å². The molecule has 3 unspecified atom stereocenters. The number of benzene rings is 2. The molecule has 1 heterocycles. The van der Waals surface area contributed by atoms with Crippen LogP contribution in [0.5, 0.6) is 5.75 Å². The Labute approximate surface area is 255 Å². The summed E-state index contributed by atoms with van der Waals surface area (Å²) in [4.78, 5) is 48.0. The number of ether oxygens (including phenoxy) is 6. The number of carbonyl (C=O) groups excluding carboxylic acids is 4. The largest absolute Gasteiger partial charge is 0.490 e. The molecule has 232 valence electrons. The summed E-state index contributed by atoms with van der Waals surface area (Å²) in [6, 6.07) is 13.1. The van der Waals surface area contributed by atoms with Crippen LogP contribution in [0.4, 0.5) is 0 Å². The third-order valence-corrected chi connectivity index (χ3v) is 7.68. The molecule has 0 bridgehead atoms. The van der Waals surface area contributed by atoms with Crippen molar-refractivity contribution in [3.8, 4) is 5.75 Å². The molecule has 1 aliphatic heterocycles. The lowest BCUT2D eigenvalue weighted by molar-refractivity contribution is -0.254. The van der Waals surface area contributed by atoms with E-state index in [9.17, 15) is 19.2 Å². The normalized spacial score (nSPS) is 23.7. The molecule has 0 aromatic heterocycles. The molecule has 0 radical (unpaired) electrons. The summed E-state index contributed by atoms with van der Waals surface area (Å²) in [6.07, 6.45) is -0.421. The number of hydrogen-bond donors (Lipinski definition) is 0. The van der Waals surface area contributed by atoms with Crippen molar-refractivity contribution >= 4 is 35.5 Å². The van der Waals surface area contributed by atoms with Gasteiger partial charge in [-0.1, -0.05) is 35.9 Å². The Morgan fingerprint density at radius 2 is 1.40 bits per heavy atom. The van der Waals surface area contributed by atoms with Gasteiger partial charge in [0.2, 0.25) is 0 Å². The maximum absolute atomic E-state index is 12.2. The van der Waals surface area contributed by atoms with Gasteiger partial charge in [0.15, 0.2) is 18.3 Å². The van der Waals surface area contributed by atoms with Gasteiger partial charge < -0.3 is 28.4 Å². The highest BCUT2D eigenvalue weighted by Gasteiger charge is 2.52. The number of carbonyl (C=O) groups is 4. The molecule has 1 saturated heterocycles. The quantitative estimate of drug-likeness (QED) is 0.265. The first kappa shape index (κ1) is 32.3. The molecule has 1 saturated carbocycles. The summed E-state index contributed by atoms with van der Waals surface area (Å²) in [5.41, 5.74) is 2.34. The fourth-order valence-corrected chi connectivity index (χ4v) is 5.69. The lowest BCUT2D eigenvalue weighted by atomic mass is 9.89. The van der Waals surface area contributed by atoms with E-state index in [1.165, 1.54) is 40.5 Å². The smallest absolute Gasteiger partial charge is 0.303 e. The standard InChI is InChI=1S/C32H37ClO10/c1-18(34)38-17-28-30(39-19(2)35)32(41-21(4)37)31(40-20(3)36)29(43-28)23-11-14-27(33)24(16-23)15-22-9-12-26(13-10-22)42-25-7-5-6-8-25/h9-14,16,25,28-32H,5-8,15,17H2,1-4H3/t28?,29?,30-,31+,32?/m1/s1. The van der Waals surface area contributed by atoms with Gasteiger partial charge in [-0.2, -0.15) is 0 Å². The Morgan fingerprint density at radius 3 is 2.00 bits per heavy atom. The molecule has 5 atom stereocenters. The van der Waals surface area contributed by atoms with Crippen molar-refractivity contribution in [3.63, 3.8) is 0 Å². The minimum absolute atomic E-state index is 0.263. The van der Waals surface area contributed by atoms with Gasteiger partial charge in [0.25, 0.3) is 0 Å². The molecule has 0 spiro atoms. The van der Waals surface area contributed by atoms with E-state index >= 15 is 0 Å². The van der Waals surface area contributed by atoms with Gasteiger partial charge in [-0.15, -0.1) is 0 Å². The van der Waals surface area contributed by atoms with E-state index in [4.69, 9.17) is 40.0 Å². The Balaban J connectivity index is 1.65. The van der Waals surface area contributed by atoms with Crippen LogP contribution in [0.1, 0.15) is 76.2 Å². The lowest BCUT2D eigenvalue weighted by Gasteiger charge is -2.44. The number of rotatable bonds is 10. The zero-order valence-corrected chi connectivity index (χ0v) is 25.5. The minimum Gasteiger partial charge on any atom is -0.490 e. The van der Waals surface area contributed by atoms with Crippen molar-refractivity contribution in [1.29, 1.82) is 0 Å². The molecule has 0 amide bonds. The van der Waals surface area contributed by atoms with Crippen LogP contribution in [-0.2, 0) is 49.3 Å². The zero-order chi connectivity index (χ0) is 31.1. The molecule has 43 heavy (non-hydrogen) atoms. The summed E-state index contributed by atoms with van der Waals surface area (Å²) >= 11 is 6.61. The van der Waals surface area contributed by atoms with Crippen molar-refractivity contribution in [1.82, 2.24) is 0 Å². The van der Waals surface area contributed by atoms with E-state index < -0.39 is 54.4 Å². The highest BCUT2D eigenvalue weighted by Crippen LogP contribution is 2.39. The van der Waals surface area contributed by atoms with Gasteiger partial charge in [-0.25, -0.2) is 0 Å². The average molecular weight is 617 g/mol. The molecule has 2 fully saturated rings. The van der Waals surface area contributed by atoms with Crippen LogP contribution in [0.25, 0.3) is 0 Å². The van der Waals surface area contributed by atoms with Crippen LogP contribution in [-0.4, -0.2) is 61.0 Å². The Kier molecular flexibility index (Phi) is 11.0. The van der Waals surface area contributed by atoms with Gasteiger partial charge in [0.1, 0.15) is 24.6 Å². The van der Waals surface area contributed by atoms with Crippen LogP contribution >= 0.6 is 11.6 Å². The highest BCUT2D eigenvalue weighted by molar-refractivity contribution is 6.31. The van der Waals surface area contributed by atoms with Crippen LogP contribution in [0.15, 0.2) is 42.5 Å². The third-order valence-electron chi connectivity index (χ3n) is 7.31. The second-order valence-corrected chi connectivity index (χ2v) is 11.2. The highest BCUT2D eigenvalue weighted by atomic mass is 35.5. The van der Waals surface area contributed by atoms with Crippen molar-refractivity contribution in [2.45, 2.75) is 96.4 Å². The molecule has 4 rings (SSSR count). The number of esters is 4. The molecular formula is C32H37ClO10. The molecule has 2 aliphatic rings. The first-order chi connectivity index (χ1) is 20.5. The number of halogens is 1. The maximum atomic E-state index is 12.2. The maximum Gasteiger partial charge on any atom is 0.303 e. The Hall–Kier alpha value is -3.63. The number of hydrogen-bond acceptors (Lipinski definition) is 10. The molecular weight excluding hydrogens is 580 g/mol. The van der Waals surface area contributed by atoms with Crippen molar-refractivity contribution in [2.24, 2.45) is 0 Å². The summed E-state index contributed by atoms with van der Waals surface area (Å²) in [5, 5.41) is 0.515. The van der Waals surface area contributed by atoms with Crippen molar-refractivity contribution in [2.75, 3.05) is 6.61 Å². The summed E-state index contributed by atoms with van der Waals surface area (Å²) in [6.45, 7) is 4.50. The van der Waals surface area contributed by atoms with Gasteiger partial charge in [-0.3, -0.25) is 19.2 Å². The average Bonchev–Trinajstić information content (AvgIpc) is 3.44. The minimum atomic E-state index is -1.25.